The molecule has 1 N–H and O–H groups in total. The fourth-order valence-electron chi connectivity index (χ4n) is 1.25. The molecule has 0 aliphatic rings. The number of rotatable bonds is 4. The molecule has 0 saturated carbocycles. The van der Waals surface area contributed by atoms with Gasteiger partial charge >= 0.3 is 0 Å². The van der Waals surface area contributed by atoms with Crippen LogP contribution < -0.4 is 5.32 Å². The Morgan fingerprint density at radius 2 is 2.29 bits per heavy atom. The first-order valence-electron chi connectivity index (χ1n) is 4.67. The van der Waals surface area contributed by atoms with Crippen LogP contribution in [-0.4, -0.2) is 17.0 Å². The van der Waals surface area contributed by atoms with Crippen LogP contribution >= 0.6 is 0 Å². The highest BCUT2D eigenvalue weighted by molar-refractivity contribution is 5.06. The Balaban J connectivity index is 2.69. The van der Waals surface area contributed by atoms with Crippen molar-refractivity contribution in [1.29, 1.82) is 0 Å². The Kier molecular flexibility index (Phi) is 4.09. The number of nitrogens with one attached hydrogen (secondary N) is 1. The molecule has 0 aromatic carbocycles. The molecular formula is C11H15N3. The van der Waals surface area contributed by atoms with Gasteiger partial charge in [-0.2, -0.15) is 0 Å². The third-order valence-electron chi connectivity index (χ3n) is 2.08. The molecule has 0 spiro atoms. The lowest BCUT2D eigenvalue weighted by atomic mass is 10.1. The summed E-state index contributed by atoms with van der Waals surface area (Å²) in [5.74, 6) is 2.63. The number of hydrogen-bond donors (Lipinski definition) is 1. The molecule has 3 heteroatoms. The first kappa shape index (κ1) is 10.7. The van der Waals surface area contributed by atoms with Crippen LogP contribution in [-0.2, 0) is 0 Å². The highest BCUT2D eigenvalue weighted by Gasteiger charge is 2.09. The zero-order chi connectivity index (χ0) is 10.4. The van der Waals surface area contributed by atoms with Gasteiger partial charge in [0, 0.05) is 12.6 Å². The summed E-state index contributed by atoms with van der Waals surface area (Å²) >= 11 is 0. The number of hydrogen-bond acceptors (Lipinski definition) is 3. The van der Waals surface area contributed by atoms with Crippen molar-refractivity contribution in [2.75, 3.05) is 7.05 Å². The second kappa shape index (κ2) is 5.36. The summed E-state index contributed by atoms with van der Waals surface area (Å²) < 4.78 is 0. The number of terminal acetylenes is 1. The molecule has 1 aromatic rings. The van der Waals surface area contributed by atoms with Crippen LogP contribution in [0, 0.1) is 19.3 Å². The van der Waals surface area contributed by atoms with Gasteiger partial charge in [-0.05, 0) is 20.4 Å². The molecule has 1 heterocycles. The standard InChI is InChI=1S/C11H15N3/c1-4-5-6-10(12-3)11-8-13-9(2)7-14-11/h1,7-8,10,12H,5-6H2,2-3H3. The van der Waals surface area contributed by atoms with Gasteiger partial charge in [-0.1, -0.05) is 0 Å². The predicted molar refractivity (Wildman–Crippen MR) is 56.6 cm³/mol. The highest BCUT2D eigenvalue weighted by Crippen LogP contribution is 2.14. The smallest absolute Gasteiger partial charge is 0.0756 e. The van der Waals surface area contributed by atoms with Gasteiger partial charge < -0.3 is 5.32 Å². The molecule has 0 radical (unpaired) electrons. The summed E-state index contributed by atoms with van der Waals surface area (Å²) in [7, 11) is 1.91. The van der Waals surface area contributed by atoms with Gasteiger partial charge in [-0.25, -0.2) is 0 Å². The molecule has 14 heavy (non-hydrogen) atoms. The Hall–Kier alpha value is -1.40. The van der Waals surface area contributed by atoms with E-state index >= 15 is 0 Å². The van der Waals surface area contributed by atoms with Crippen LogP contribution in [0.5, 0.6) is 0 Å². The summed E-state index contributed by atoms with van der Waals surface area (Å²) in [6.45, 7) is 1.92. The summed E-state index contributed by atoms with van der Waals surface area (Å²) in [6, 6.07) is 0.208. The second-order valence-electron chi connectivity index (χ2n) is 3.17. The van der Waals surface area contributed by atoms with E-state index < -0.39 is 0 Å². The first-order chi connectivity index (χ1) is 6.77. The maximum Gasteiger partial charge on any atom is 0.0756 e. The van der Waals surface area contributed by atoms with Crippen molar-refractivity contribution in [2.45, 2.75) is 25.8 Å². The number of aromatic nitrogens is 2. The fraction of sp³-hybridized carbons (Fsp3) is 0.455. The Morgan fingerprint density at radius 3 is 2.79 bits per heavy atom. The Labute approximate surface area is 85.0 Å². The zero-order valence-electron chi connectivity index (χ0n) is 8.62. The van der Waals surface area contributed by atoms with Crippen LogP contribution in [0.4, 0.5) is 0 Å². The number of aryl methyl sites for hydroxylation is 1. The van der Waals surface area contributed by atoms with Crippen molar-refractivity contribution in [3.63, 3.8) is 0 Å². The quantitative estimate of drug-likeness (QED) is 0.729. The molecule has 0 amide bonds. The van der Waals surface area contributed by atoms with Crippen molar-refractivity contribution in [3.8, 4) is 12.3 Å². The van der Waals surface area contributed by atoms with E-state index in [0.717, 1.165) is 24.2 Å². The van der Waals surface area contributed by atoms with Crippen LogP contribution in [0.15, 0.2) is 12.4 Å². The minimum absolute atomic E-state index is 0.208. The van der Waals surface area contributed by atoms with Gasteiger partial charge in [-0.15, -0.1) is 12.3 Å². The summed E-state index contributed by atoms with van der Waals surface area (Å²) in [5, 5.41) is 3.17. The zero-order valence-corrected chi connectivity index (χ0v) is 8.62. The average Bonchev–Trinajstić information content (AvgIpc) is 2.21. The molecule has 0 aliphatic heterocycles. The first-order valence-corrected chi connectivity index (χ1v) is 4.67. The lowest BCUT2D eigenvalue weighted by Gasteiger charge is -2.13. The summed E-state index contributed by atoms with van der Waals surface area (Å²) in [4.78, 5) is 8.51. The Morgan fingerprint density at radius 1 is 1.50 bits per heavy atom. The van der Waals surface area contributed by atoms with Crippen LogP contribution in [0.3, 0.4) is 0 Å². The molecule has 1 rings (SSSR count). The van der Waals surface area contributed by atoms with Crippen molar-refractivity contribution in [2.24, 2.45) is 0 Å². The SMILES string of the molecule is C#CCCC(NC)c1cnc(C)cn1. The molecule has 0 saturated heterocycles. The average molecular weight is 189 g/mol. The molecule has 3 nitrogen and oxygen atoms in total. The van der Waals surface area contributed by atoms with Gasteiger partial charge in [0.1, 0.15) is 0 Å². The maximum atomic E-state index is 5.22. The lowest BCUT2D eigenvalue weighted by molar-refractivity contribution is 0.541. The molecule has 0 fully saturated rings. The van der Waals surface area contributed by atoms with Crippen molar-refractivity contribution < 1.29 is 0 Å². The van der Waals surface area contributed by atoms with Crippen LogP contribution in [0.25, 0.3) is 0 Å². The van der Waals surface area contributed by atoms with E-state index in [-0.39, 0.29) is 6.04 Å². The number of nitrogens with zero attached hydrogens (tertiary/aromatic N) is 2. The van der Waals surface area contributed by atoms with Crippen molar-refractivity contribution in [1.82, 2.24) is 15.3 Å². The van der Waals surface area contributed by atoms with Crippen LogP contribution in [0.2, 0.25) is 0 Å². The van der Waals surface area contributed by atoms with Gasteiger partial charge in [0.05, 0.1) is 23.6 Å². The summed E-state index contributed by atoms with van der Waals surface area (Å²) in [5.41, 5.74) is 1.88. The third kappa shape index (κ3) is 2.82. The molecule has 74 valence electrons. The van der Waals surface area contributed by atoms with Gasteiger partial charge in [-0.3, -0.25) is 9.97 Å². The molecule has 1 atom stereocenters. The molecule has 0 bridgehead atoms. The summed E-state index contributed by atoms with van der Waals surface area (Å²) in [6.07, 6.45) is 10.4. The van der Waals surface area contributed by atoms with E-state index in [4.69, 9.17) is 6.42 Å². The van der Waals surface area contributed by atoms with Gasteiger partial charge in [0.25, 0.3) is 0 Å². The molecule has 1 aromatic heterocycles. The topological polar surface area (TPSA) is 37.8 Å². The third-order valence-corrected chi connectivity index (χ3v) is 2.08. The van der Waals surface area contributed by atoms with E-state index in [9.17, 15) is 0 Å². The van der Waals surface area contributed by atoms with Crippen LogP contribution in [0.1, 0.15) is 30.3 Å². The van der Waals surface area contributed by atoms with E-state index in [1.165, 1.54) is 0 Å². The van der Waals surface area contributed by atoms with Gasteiger partial charge in [0.2, 0.25) is 0 Å². The predicted octanol–water partition coefficient (Wildman–Crippen LogP) is 1.46. The minimum atomic E-state index is 0.208. The van der Waals surface area contributed by atoms with E-state index in [2.05, 4.69) is 21.2 Å². The maximum absolute atomic E-state index is 5.22. The normalized spacial score (nSPS) is 12.1. The minimum Gasteiger partial charge on any atom is -0.312 e. The molecule has 0 aliphatic carbocycles. The Bertz CT molecular complexity index is 310. The van der Waals surface area contributed by atoms with E-state index in [1.807, 2.05) is 14.0 Å². The van der Waals surface area contributed by atoms with E-state index in [0.29, 0.717) is 0 Å². The lowest BCUT2D eigenvalue weighted by Crippen LogP contribution is -2.17. The highest BCUT2D eigenvalue weighted by atomic mass is 14.9. The van der Waals surface area contributed by atoms with E-state index in [1.54, 1.807) is 12.4 Å². The monoisotopic (exact) mass is 189 g/mol. The molecule has 1 unspecified atom stereocenters. The molecular weight excluding hydrogens is 174 g/mol. The van der Waals surface area contributed by atoms with Crippen molar-refractivity contribution in [3.05, 3.63) is 23.8 Å². The van der Waals surface area contributed by atoms with Crippen molar-refractivity contribution >= 4 is 0 Å². The van der Waals surface area contributed by atoms with Gasteiger partial charge in [0.15, 0.2) is 0 Å². The second-order valence-corrected chi connectivity index (χ2v) is 3.17. The largest absolute Gasteiger partial charge is 0.312 e. The fourth-order valence-corrected chi connectivity index (χ4v) is 1.25.